The van der Waals surface area contributed by atoms with Crippen LogP contribution in [0.25, 0.3) is 6.08 Å². The molecule has 1 fully saturated rings. The third-order valence-corrected chi connectivity index (χ3v) is 4.51. The number of carbonyl (C=O) groups excluding carboxylic acids is 1. The number of pyridine rings is 1. The third-order valence-electron chi connectivity index (χ3n) is 3.50. The third kappa shape index (κ3) is 3.89. The number of aliphatic imine (C=N–C) groups is 1. The van der Waals surface area contributed by atoms with Crippen LogP contribution >= 0.6 is 11.8 Å². The number of hydrogen-bond acceptors (Lipinski definition) is 5. The molecule has 0 atom stereocenters. The Bertz CT molecular complexity index is 923. The average molecular weight is 365 g/mol. The molecule has 1 aliphatic heterocycles. The van der Waals surface area contributed by atoms with E-state index in [2.05, 4.69) is 16.6 Å². The number of aromatic nitrogens is 1. The lowest BCUT2D eigenvalue weighted by atomic mass is 10.2. The lowest BCUT2D eigenvalue weighted by molar-refractivity contribution is -0.121. The molecule has 1 aromatic carbocycles. The van der Waals surface area contributed by atoms with Gasteiger partial charge in [-0.25, -0.2) is 9.79 Å². The summed E-state index contributed by atoms with van der Waals surface area (Å²) >= 11 is 1.24. The summed E-state index contributed by atoms with van der Waals surface area (Å²) in [4.78, 5) is 34.3. The molecule has 1 N–H and O–H groups in total. The van der Waals surface area contributed by atoms with Crippen molar-refractivity contribution in [2.45, 2.75) is 0 Å². The first kappa shape index (κ1) is 17.6. The number of aromatic carboxylic acids is 1. The second-order valence-corrected chi connectivity index (χ2v) is 6.36. The lowest BCUT2D eigenvalue weighted by Gasteiger charge is -2.12. The fourth-order valence-electron chi connectivity index (χ4n) is 2.31. The fraction of sp³-hybridized carbons (Fsp3) is 0.0526. The molecule has 2 aromatic rings. The molecule has 7 heteroatoms. The van der Waals surface area contributed by atoms with Crippen molar-refractivity contribution in [2.75, 3.05) is 6.54 Å². The van der Waals surface area contributed by atoms with Crippen molar-refractivity contribution < 1.29 is 14.7 Å². The molecule has 1 aromatic heterocycles. The number of hydrogen-bond donors (Lipinski definition) is 1. The number of thioether (sulfide) groups is 1. The van der Waals surface area contributed by atoms with Gasteiger partial charge in [0.2, 0.25) is 0 Å². The Morgan fingerprint density at radius 3 is 2.88 bits per heavy atom. The van der Waals surface area contributed by atoms with Crippen LogP contribution in [0.2, 0.25) is 0 Å². The van der Waals surface area contributed by atoms with E-state index < -0.39 is 5.97 Å². The molecule has 26 heavy (non-hydrogen) atoms. The van der Waals surface area contributed by atoms with Crippen LogP contribution in [0.4, 0.5) is 5.69 Å². The molecule has 1 saturated heterocycles. The van der Waals surface area contributed by atoms with Gasteiger partial charge in [0.05, 0.1) is 16.2 Å². The number of carboxylic acid groups (broad SMARTS) is 1. The van der Waals surface area contributed by atoms with Gasteiger partial charge in [0.15, 0.2) is 5.17 Å². The molecule has 0 spiro atoms. The van der Waals surface area contributed by atoms with Gasteiger partial charge < -0.3 is 5.11 Å². The molecule has 1 aliphatic rings. The first-order chi connectivity index (χ1) is 12.6. The summed E-state index contributed by atoms with van der Waals surface area (Å²) in [5, 5.41) is 9.59. The monoisotopic (exact) mass is 365 g/mol. The maximum absolute atomic E-state index is 12.7. The summed E-state index contributed by atoms with van der Waals surface area (Å²) in [7, 11) is 0. The van der Waals surface area contributed by atoms with Crippen LogP contribution in [0.5, 0.6) is 0 Å². The van der Waals surface area contributed by atoms with E-state index in [1.54, 1.807) is 42.7 Å². The summed E-state index contributed by atoms with van der Waals surface area (Å²) in [5.74, 6) is -1.20. The number of amidine groups is 1. The van der Waals surface area contributed by atoms with E-state index in [-0.39, 0.29) is 11.5 Å². The van der Waals surface area contributed by atoms with Crippen LogP contribution < -0.4 is 0 Å². The maximum atomic E-state index is 12.7. The van der Waals surface area contributed by atoms with Gasteiger partial charge in [0.1, 0.15) is 0 Å². The van der Waals surface area contributed by atoms with Crippen molar-refractivity contribution in [3.05, 3.63) is 77.5 Å². The van der Waals surface area contributed by atoms with Crippen LogP contribution in [0.1, 0.15) is 15.9 Å². The number of rotatable bonds is 5. The molecule has 6 nitrogen and oxygen atoms in total. The highest BCUT2D eigenvalue weighted by atomic mass is 32.2. The molecular formula is C19H15N3O3S. The highest BCUT2D eigenvalue weighted by molar-refractivity contribution is 8.18. The summed E-state index contributed by atoms with van der Waals surface area (Å²) in [6.07, 6.45) is 6.71. The Kier molecular flexibility index (Phi) is 5.28. The van der Waals surface area contributed by atoms with Crippen molar-refractivity contribution in [3.8, 4) is 0 Å². The van der Waals surface area contributed by atoms with Gasteiger partial charge in [-0.15, -0.1) is 6.58 Å². The second-order valence-electron chi connectivity index (χ2n) is 5.35. The first-order valence-corrected chi connectivity index (χ1v) is 8.54. The smallest absolute Gasteiger partial charge is 0.335 e. The van der Waals surface area contributed by atoms with E-state index in [1.807, 2.05) is 6.07 Å². The highest BCUT2D eigenvalue weighted by Crippen LogP contribution is 2.34. The predicted octanol–water partition coefficient (Wildman–Crippen LogP) is 3.57. The highest BCUT2D eigenvalue weighted by Gasteiger charge is 2.32. The maximum Gasteiger partial charge on any atom is 0.335 e. The van der Waals surface area contributed by atoms with Crippen LogP contribution in [-0.4, -0.2) is 38.6 Å². The average Bonchev–Trinajstić information content (AvgIpc) is 2.92. The van der Waals surface area contributed by atoms with Crippen molar-refractivity contribution in [1.82, 2.24) is 9.88 Å². The van der Waals surface area contributed by atoms with Crippen molar-refractivity contribution in [3.63, 3.8) is 0 Å². The van der Waals surface area contributed by atoms with Crippen LogP contribution in [0.3, 0.4) is 0 Å². The SMILES string of the molecule is C=CCN1C(=O)/C(=C/c2cccnc2)SC1=Nc1cccc(C(=O)O)c1. The van der Waals surface area contributed by atoms with Crippen molar-refractivity contribution >= 4 is 40.6 Å². The zero-order chi connectivity index (χ0) is 18.5. The standard InChI is InChI=1S/C19H15N3O3S/c1-2-9-22-17(23)16(10-13-5-4-8-20-12-13)26-19(22)21-15-7-3-6-14(11-15)18(24)25/h2-8,10-12H,1,9H2,(H,24,25)/b16-10-,21-19?. The molecule has 1 amide bonds. The van der Waals surface area contributed by atoms with Crippen molar-refractivity contribution in [1.29, 1.82) is 0 Å². The summed E-state index contributed by atoms with van der Waals surface area (Å²) in [6.45, 7) is 3.99. The van der Waals surface area contributed by atoms with Gasteiger partial charge in [-0.2, -0.15) is 0 Å². The van der Waals surface area contributed by atoms with Gasteiger partial charge in [-0.1, -0.05) is 18.2 Å². The molecule has 0 radical (unpaired) electrons. The molecule has 0 bridgehead atoms. The molecule has 0 saturated carbocycles. The fourth-order valence-corrected chi connectivity index (χ4v) is 3.32. The van der Waals surface area contributed by atoms with Gasteiger partial charge >= 0.3 is 5.97 Å². The Balaban J connectivity index is 1.96. The van der Waals surface area contributed by atoms with Gasteiger partial charge in [0, 0.05) is 18.9 Å². The zero-order valence-electron chi connectivity index (χ0n) is 13.7. The minimum Gasteiger partial charge on any atom is -0.478 e. The van der Waals surface area contributed by atoms with E-state index in [0.717, 1.165) is 5.56 Å². The topological polar surface area (TPSA) is 82.9 Å². The summed E-state index contributed by atoms with van der Waals surface area (Å²) < 4.78 is 0. The Morgan fingerprint density at radius 2 is 2.19 bits per heavy atom. The first-order valence-electron chi connectivity index (χ1n) is 7.73. The van der Waals surface area contributed by atoms with Crippen molar-refractivity contribution in [2.24, 2.45) is 4.99 Å². The van der Waals surface area contributed by atoms with E-state index in [4.69, 9.17) is 5.11 Å². The zero-order valence-corrected chi connectivity index (χ0v) is 14.5. The number of benzene rings is 1. The van der Waals surface area contributed by atoms with E-state index in [1.165, 1.54) is 28.8 Å². The summed E-state index contributed by atoms with van der Waals surface area (Å²) in [5.41, 5.74) is 1.43. The largest absolute Gasteiger partial charge is 0.478 e. The number of carbonyl (C=O) groups is 2. The molecule has 0 unspecified atom stereocenters. The van der Waals surface area contributed by atoms with Crippen LogP contribution in [0, 0.1) is 0 Å². The molecule has 0 aliphatic carbocycles. The molecular weight excluding hydrogens is 350 g/mol. The Hall–Kier alpha value is -3.19. The predicted molar refractivity (Wildman–Crippen MR) is 102 cm³/mol. The number of amides is 1. The Labute approximate surface area is 154 Å². The van der Waals surface area contributed by atoms with E-state index >= 15 is 0 Å². The van der Waals surface area contributed by atoms with E-state index in [0.29, 0.717) is 22.3 Å². The Morgan fingerprint density at radius 1 is 1.35 bits per heavy atom. The van der Waals surface area contributed by atoms with Crippen LogP contribution in [-0.2, 0) is 4.79 Å². The number of carboxylic acids is 1. The van der Waals surface area contributed by atoms with Gasteiger partial charge in [0.25, 0.3) is 5.91 Å². The van der Waals surface area contributed by atoms with Gasteiger partial charge in [-0.3, -0.25) is 14.7 Å². The minimum atomic E-state index is -1.03. The molecule has 130 valence electrons. The number of nitrogens with zero attached hydrogens (tertiary/aromatic N) is 3. The molecule has 2 heterocycles. The quantitative estimate of drug-likeness (QED) is 0.647. The van der Waals surface area contributed by atoms with Gasteiger partial charge in [-0.05, 0) is 47.7 Å². The van der Waals surface area contributed by atoms with Crippen LogP contribution in [0.15, 0.2) is 71.3 Å². The second kappa shape index (κ2) is 7.79. The normalized spacial score (nSPS) is 17.1. The molecule has 3 rings (SSSR count). The van der Waals surface area contributed by atoms with E-state index in [9.17, 15) is 9.59 Å². The minimum absolute atomic E-state index is 0.141. The lowest BCUT2D eigenvalue weighted by Crippen LogP contribution is -2.29. The summed E-state index contributed by atoms with van der Waals surface area (Å²) in [6, 6.07) is 9.93.